The highest BCUT2D eigenvalue weighted by Crippen LogP contribution is 2.28. The largest absolute Gasteiger partial charge is 0.480 e. The zero-order valence-electron chi connectivity index (χ0n) is 13.9. The Morgan fingerprint density at radius 2 is 1.90 bits per heavy atom. The van der Waals surface area contributed by atoms with E-state index in [1.807, 2.05) is 6.92 Å². The minimum Gasteiger partial charge on any atom is -0.480 e. The molecule has 2 unspecified atom stereocenters. The lowest BCUT2D eigenvalue weighted by atomic mass is 9.88. The van der Waals surface area contributed by atoms with E-state index in [4.69, 9.17) is 0 Å². The molecule has 2 saturated carbocycles. The van der Waals surface area contributed by atoms with Gasteiger partial charge >= 0.3 is 5.97 Å². The van der Waals surface area contributed by atoms with Crippen LogP contribution in [0.1, 0.15) is 65.2 Å². The number of nitrogens with zero attached hydrogens (tertiary/aromatic N) is 1. The van der Waals surface area contributed by atoms with Crippen LogP contribution in [0.4, 0.5) is 0 Å². The van der Waals surface area contributed by atoms with Crippen LogP contribution >= 0.6 is 0 Å². The summed E-state index contributed by atoms with van der Waals surface area (Å²) in [5, 5.41) is 12.9. The van der Waals surface area contributed by atoms with E-state index in [0.29, 0.717) is 18.5 Å². The van der Waals surface area contributed by atoms with Crippen LogP contribution < -0.4 is 5.32 Å². The molecule has 0 aromatic rings. The molecular weight excluding hydrogens is 264 g/mol. The third-order valence-electron chi connectivity index (χ3n) is 5.30. The molecule has 4 heteroatoms. The second-order valence-electron chi connectivity index (χ2n) is 7.55. The number of carboxylic acid groups (broad SMARTS) is 1. The molecule has 2 fully saturated rings. The summed E-state index contributed by atoms with van der Waals surface area (Å²) in [4.78, 5) is 14.0. The van der Waals surface area contributed by atoms with E-state index >= 15 is 0 Å². The first kappa shape index (κ1) is 16.8. The van der Waals surface area contributed by atoms with E-state index in [1.165, 1.54) is 32.1 Å². The Labute approximate surface area is 129 Å². The SMILES string of the molecule is CC(CC(C)(NC1CC1)C(=O)O)N(C)CC1CCCCC1. The highest BCUT2D eigenvalue weighted by Gasteiger charge is 2.40. The number of rotatable bonds is 8. The number of carboxylic acids is 1. The lowest BCUT2D eigenvalue weighted by Gasteiger charge is -2.36. The molecule has 0 aliphatic heterocycles. The summed E-state index contributed by atoms with van der Waals surface area (Å²) in [6.45, 7) is 5.12. The molecule has 2 rings (SSSR count). The van der Waals surface area contributed by atoms with Gasteiger partial charge in [-0.1, -0.05) is 19.3 Å². The van der Waals surface area contributed by atoms with Crippen molar-refractivity contribution in [3.05, 3.63) is 0 Å². The van der Waals surface area contributed by atoms with Crippen LogP contribution in [0.3, 0.4) is 0 Å². The number of nitrogens with one attached hydrogen (secondary N) is 1. The minimum atomic E-state index is -0.790. The lowest BCUT2D eigenvalue weighted by Crippen LogP contribution is -2.54. The van der Waals surface area contributed by atoms with Crippen molar-refractivity contribution in [3.63, 3.8) is 0 Å². The molecule has 2 aliphatic rings. The van der Waals surface area contributed by atoms with Gasteiger partial charge in [0.15, 0.2) is 0 Å². The number of hydrogen-bond donors (Lipinski definition) is 2. The fourth-order valence-corrected chi connectivity index (χ4v) is 3.59. The first-order valence-electron chi connectivity index (χ1n) is 8.62. The van der Waals surface area contributed by atoms with Crippen molar-refractivity contribution in [1.29, 1.82) is 0 Å². The molecule has 21 heavy (non-hydrogen) atoms. The molecule has 122 valence electrons. The summed E-state index contributed by atoms with van der Waals surface area (Å²) in [7, 11) is 2.15. The van der Waals surface area contributed by atoms with Crippen molar-refractivity contribution in [2.24, 2.45) is 5.92 Å². The van der Waals surface area contributed by atoms with Gasteiger partial charge in [0.2, 0.25) is 0 Å². The summed E-state index contributed by atoms with van der Waals surface area (Å²) < 4.78 is 0. The van der Waals surface area contributed by atoms with E-state index in [2.05, 4.69) is 24.2 Å². The molecule has 4 nitrogen and oxygen atoms in total. The van der Waals surface area contributed by atoms with Crippen LogP contribution in [0.25, 0.3) is 0 Å². The number of carbonyl (C=O) groups is 1. The standard InChI is InChI=1S/C17H32N2O2/c1-13(19(3)12-14-7-5-4-6-8-14)11-17(2,16(20)21)18-15-9-10-15/h13-15,18H,4-12H2,1-3H3,(H,20,21). The fraction of sp³-hybridized carbons (Fsp3) is 0.941. The van der Waals surface area contributed by atoms with Crippen molar-refractivity contribution in [3.8, 4) is 0 Å². The van der Waals surface area contributed by atoms with Crippen molar-refractivity contribution in [1.82, 2.24) is 10.2 Å². The fourth-order valence-electron chi connectivity index (χ4n) is 3.59. The van der Waals surface area contributed by atoms with Gasteiger partial charge in [0.05, 0.1) is 0 Å². The molecule has 2 N–H and O–H groups in total. The van der Waals surface area contributed by atoms with Crippen LogP contribution in [-0.4, -0.2) is 47.2 Å². The Hall–Kier alpha value is -0.610. The normalized spacial score (nSPS) is 24.8. The summed E-state index contributed by atoms with van der Waals surface area (Å²) >= 11 is 0. The molecule has 0 heterocycles. The maximum Gasteiger partial charge on any atom is 0.323 e. The Bertz CT molecular complexity index is 351. The van der Waals surface area contributed by atoms with Crippen LogP contribution in [0.2, 0.25) is 0 Å². The monoisotopic (exact) mass is 296 g/mol. The Balaban J connectivity index is 1.84. The van der Waals surface area contributed by atoms with Gasteiger partial charge in [0, 0.05) is 18.6 Å². The number of hydrogen-bond acceptors (Lipinski definition) is 3. The van der Waals surface area contributed by atoms with Gasteiger partial charge in [-0.3, -0.25) is 10.1 Å². The van der Waals surface area contributed by atoms with Gasteiger partial charge in [-0.05, 0) is 58.9 Å². The molecule has 0 saturated heterocycles. The molecule has 0 radical (unpaired) electrons. The predicted molar refractivity (Wildman–Crippen MR) is 85.5 cm³/mol. The van der Waals surface area contributed by atoms with Crippen molar-refractivity contribution in [2.45, 2.75) is 82.8 Å². The Morgan fingerprint density at radius 3 is 2.43 bits per heavy atom. The second kappa shape index (κ2) is 7.10. The zero-order valence-corrected chi connectivity index (χ0v) is 13.9. The van der Waals surface area contributed by atoms with Crippen LogP contribution in [-0.2, 0) is 4.79 Å². The zero-order chi connectivity index (χ0) is 15.5. The summed E-state index contributed by atoms with van der Waals surface area (Å²) in [5.41, 5.74) is -0.790. The van der Waals surface area contributed by atoms with E-state index in [9.17, 15) is 9.90 Å². The number of aliphatic carboxylic acids is 1. The highest BCUT2D eigenvalue weighted by atomic mass is 16.4. The third kappa shape index (κ3) is 4.96. The van der Waals surface area contributed by atoms with Crippen LogP contribution in [0.15, 0.2) is 0 Å². The molecule has 0 bridgehead atoms. The summed E-state index contributed by atoms with van der Waals surface area (Å²) in [6.07, 6.45) is 9.71. The molecule has 0 amide bonds. The van der Waals surface area contributed by atoms with E-state index in [-0.39, 0.29) is 0 Å². The molecule has 2 aliphatic carbocycles. The smallest absolute Gasteiger partial charge is 0.323 e. The first-order chi connectivity index (χ1) is 9.90. The van der Waals surface area contributed by atoms with Crippen molar-refractivity contribution in [2.75, 3.05) is 13.6 Å². The third-order valence-corrected chi connectivity index (χ3v) is 5.30. The molecule has 0 spiro atoms. The highest BCUT2D eigenvalue weighted by molar-refractivity contribution is 5.78. The topological polar surface area (TPSA) is 52.6 Å². The summed E-state index contributed by atoms with van der Waals surface area (Å²) in [5.74, 6) is 0.0889. The van der Waals surface area contributed by atoms with Crippen LogP contribution in [0.5, 0.6) is 0 Å². The molecule has 2 atom stereocenters. The lowest BCUT2D eigenvalue weighted by molar-refractivity contribution is -0.145. The van der Waals surface area contributed by atoms with Gasteiger partial charge in [-0.2, -0.15) is 0 Å². The van der Waals surface area contributed by atoms with Gasteiger partial charge < -0.3 is 10.0 Å². The molecular formula is C17H32N2O2. The predicted octanol–water partition coefficient (Wildman–Crippen LogP) is 2.87. The molecule has 0 aromatic carbocycles. The van der Waals surface area contributed by atoms with E-state index in [0.717, 1.165) is 25.3 Å². The molecule has 0 aromatic heterocycles. The van der Waals surface area contributed by atoms with Crippen molar-refractivity contribution < 1.29 is 9.90 Å². The average molecular weight is 296 g/mol. The van der Waals surface area contributed by atoms with Crippen LogP contribution in [0, 0.1) is 5.92 Å². The van der Waals surface area contributed by atoms with Gasteiger partial charge in [0.1, 0.15) is 5.54 Å². The summed E-state index contributed by atoms with van der Waals surface area (Å²) in [6, 6.07) is 0.709. The first-order valence-corrected chi connectivity index (χ1v) is 8.62. The Morgan fingerprint density at radius 1 is 1.29 bits per heavy atom. The average Bonchev–Trinajstić information content (AvgIpc) is 3.23. The quantitative estimate of drug-likeness (QED) is 0.723. The van der Waals surface area contributed by atoms with Gasteiger partial charge in [-0.15, -0.1) is 0 Å². The maximum atomic E-state index is 11.7. The van der Waals surface area contributed by atoms with Gasteiger partial charge in [0.25, 0.3) is 0 Å². The van der Waals surface area contributed by atoms with Crippen molar-refractivity contribution >= 4 is 5.97 Å². The second-order valence-corrected chi connectivity index (χ2v) is 7.55. The maximum absolute atomic E-state index is 11.7. The van der Waals surface area contributed by atoms with Gasteiger partial charge in [-0.25, -0.2) is 0 Å². The van der Waals surface area contributed by atoms with E-state index in [1.54, 1.807) is 0 Å². The van der Waals surface area contributed by atoms with E-state index < -0.39 is 11.5 Å². The Kier molecular flexibility index (Phi) is 5.67. The minimum absolute atomic E-state index is 0.291.